The van der Waals surface area contributed by atoms with Crippen LogP contribution in [0.5, 0.6) is 0 Å². The molecule has 0 N–H and O–H groups in total. The zero-order chi connectivity index (χ0) is 21.5. The van der Waals surface area contributed by atoms with Gasteiger partial charge in [0.1, 0.15) is 0 Å². The zero-order valence-corrected chi connectivity index (χ0v) is 20.0. The molecule has 0 bridgehead atoms. The minimum absolute atomic E-state index is 0.343. The Morgan fingerprint density at radius 2 is 1.65 bits per heavy atom. The summed E-state index contributed by atoms with van der Waals surface area (Å²) in [6.45, 7) is 3.23. The third kappa shape index (κ3) is 5.66. The number of unbranched alkanes of at least 4 members (excludes halogenated alkanes) is 2. The van der Waals surface area contributed by atoms with Crippen LogP contribution in [0.15, 0.2) is 29.4 Å². The molecule has 0 saturated heterocycles. The Balaban J connectivity index is 1.48. The Morgan fingerprint density at radius 1 is 1.00 bits per heavy atom. The normalized spacial score (nSPS) is 18.5. The van der Waals surface area contributed by atoms with Crippen molar-refractivity contribution in [2.24, 2.45) is 0 Å². The fourth-order valence-electron chi connectivity index (χ4n) is 5.52. The number of aromatic nitrogens is 2. The van der Waals surface area contributed by atoms with E-state index in [2.05, 4.69) is 40.7 Å². The number of amides is 1. The van der Waals surface area contributed by atoms with E-state index in [0.29, 0.717) is 23.7 Å². The molecule has 2 fully saturated rings. The lowest BCUT2D eigenvalue weighted by Crippen LogP contribution is -2.49. The molecule has 2 aromatic rings. The number of carbonyl (C=O) groups is 1. The highest BCUT2D eigenvalue weighted by atomic mass is 32.2. The van der Waals surface area contributed by atoms with Gasteiger partial charge in [0.05, 0.1) is 16.8 Å². The summed E-state index contributed by atoms with van der Waals surface area (Å²) < 4.78 is 2.34. The highest BCUT2D eigenvalue weighted by Crippen LogP contribution is 2.32. The molecule has 0 atom stereocenters. The van der Waals surface area contributed by atoms with Gasteiger partial charge < -0.3 is 9.47 Å². The average molecular weight is 442 g/mol. The van der Waals surface area contributed by atoms with Crippen LogP contribution in [0.4, 0.5) is 0 Å². The van der Waals surface area contributed by atoms with Crippen molar-refractivity contribution in [2.45, 2.75) is 114 Å². The molecule has 1 heterocycles. The number of hydrogen-bond donors (Lipinski definition) is 0. The van der Waals surface area contributed by atoms with Crippen LogP contribution in [0.2, 0.25) is 0 Å². The molecular formula is C26H39N3OS. The molecule has 4 rings (SSSR count). The van der Waals surface area contributed by atoms with Crippen molar-refractivity contribution < 1.29 is 4.79 Å². The quantitative estimate of drug-likeness (QED) is 0.317. The summed E-state index contributed by atoms with van der Waals surface area (Å²) in [4.78, 5) is 20.8. The molecule has 170 valence electrons. The molecular weight excluding hydrogens is 402 g/mol. The number of rotatable bonds is 9. The van der Waals surface area contributed by atoms with Crippen molar-refractivity contribution in [1.29, 1.82) is 0 Å². The largest absolute Gasteiger partial charge is 0.336 e. The maximum atomic E-state index is 13.6. The van der Waals surface area contributed by atoms with Crippen molar-refractivity contribution >= 4 is 28.7 Å². The van der Waals surface area contributed by atoms with Gasteiger partial charge in [-0.15, -0.1) is 0 Å². The van der Waals surface area contributed by atoms with Crippen molar-refractivity contribution in [2.75, 3.05) is 5.75 Å². The first kappa shape index (κ1) is 22.7. The number of carbonyl (C=O) groups excluding carboxylic acids is 1. The predicted molar refractivity (Wildman–Crippen MR) is 131 cm³/mol. The molecule has 0 radical (unpaired) electrons. The second kappa shape index (κ2) is 11.4. The van der Waals surface area contributed by atoms with Crippen LogP contribution >= 0.6 is 11.8 Å². The molecule has 5 heteroatoms. The van der Waals surface area contributed by atoms with Crippen molar-refractivity contribution in [1.82, 2.24) is 14.5 Å². The Kier molecular flexibility index (Phi) is 8.34. The predicted octanol–water partition coefficient (Wildman–Crippen LogP) is 6.81. The van der Waals surface area contributed by atoms with Gasteiger partial charge in [0.25, 0.3) is 0 Å². The second-order valence-electron chi connectivity index (χ2n) is 9.42. The molecule has 0 spiro atoms. The lowest BCUT2D eigenvalue weighted by Gasteiger charge is -2.41. The van der Waals surface area contributed by atoms with Gasteiger partial charge in [0, 0.05) is 18.6 Å². The third-order valence-corrected chi connectivity index (χ3v) is 8.11. The summed E-state index contributed by atoms with van der Waals surface area (Å²) in [7, 11) is 0. The lowest BCUT2D eigenvalue weighted by molar-refractivity contribution is -0.135. The van der Waals surface area contributed by atoms with Crippen molar-refractivity contribution in [3.05, 3.63) is 24.3 Å². The maximum Gasteiger partial charge on any atom is 0.233 e. The van der Waals surface area contributed by atoms with Crippen molar-refractivity contribution in [3.8, 4) is 0 Å². The van der Waals surface area contributed by atoms with Crippen LogP contribution < -0.4 is 0 Å². The fourth-order valence-corrected chi connectivity index (χ4v) is 6.43. The van der Waals surface area contributed by atoms with Crippen LogP contribution in [-0.4, -0.2) is 38.2 Å². The summed E-state index contributed by atoms with van der Waals surface area (Å²) in [6, 6.07) is 9.33. The Hall–Kier alpha value is -1.49. The van der Waals surface area contributed by atoms with Crippen LogP contribution in [-0.2, 0) is 11.3 Å². The number of para-hydroxylation sites is 2. The minimum Gasteiger partial charge on any atom is -0.336 e. The number of fused-ring (bicyclic) bond motifs is 1. The maximum absolute atomic E-state index is 13.6. The van der Waals surface area contributed by atoms with Gasteiger partial charge in [0.2, 0.25) is 5.91 Å². The van der Waals surface area contributed by atoms with E-state index in [-0.39, 0.29) is 0 Å². The van der Waals surface area contributed by atoms with Crippen molar-refractivity contribution in [3.63, 3.8) is 0 Å². The van der Waals surface area contributed by atoms with E-state index in [1.54, 1.807) is 11.8 Å². The molecule has 31 heavy (non-hydrogen) atoms. The Bertz CT molecular complexity index is 818. The van der Waals surface area contributed by atoms with Gasteiger partial charge in [-0.1, -0.05) is 82.2 Å². The van der Waals surface area contributed by atoms with Crippen LogP contribution in [0, 0.1) is 0 Å². The first-order chi connectivity index (χ1) is 15.3. The highest BCUT2D eigenvalue weighted by molar-refractivity contribution is 7.99. The lowest BCUT2D eigenvalue weighted by atomic mass is 9.88. The summed E-state index contributed by atoms with van der Waals surface area (Å²) in [6.07, 6.45) is 16.2. The smallest absolute Gasteiger partial charge is 0.233 e. The Morgan fingerprint density at radius 3 is 2.29 bits per heavy atom. The number of imidazole rings is 1. The molecule has 4 nitrogen and oxygen atoms in total. The van der Waals surface area contributed by atoms with E-state index >= 15 is 0 Å². The number of thioether (sulfide) groups is 1. The summed E-state index contributed by atoms with van der Waals surface area (Å²) in [5.74, 6) is 0.861. The van der Waals surface area contributed by atoms with Gasteiger partial charge in [-0.05, 0) is 44.2 Å². The Labute approximate surface area is 192 Å². The van der Waals surface area contributed by atoms with Crippen LogP contribution in [0.3, 0.4) is 0 Å². The third-order valence-electron chi connectivity index (χ3n) is 7.15. The van der Waals surface area contributed by atoms with Gasteiger partial charge in [-0.2, -0.15) is 0 Å². The van der Waals surface area contributed by atoms with E-state index in [9.17, 15) is 4.79 Å². The first-order valence-electron chi connectivity index (χ1n) is 12.7. The second-order valence-corrected chi connectivity index (χ2v) is 10.4. The zero-order valence-electron chi connectivity index (χ0n) is 19.2. The SMILES string of the molecule is CCCCCn1c(SCC(=O)N(C2CCCCC2)C2CCCCC2)nc2ccccc21. The standard InChI is InChI=1S/C26H39N3OS/c1-2-3-12-19-28-24-18-11-10-17-23(24)27-26(28)31-20-25(30)29(21-13-6-4-7-14-21)22-15-8-5-9-16-22/h10-11,17-18,21-22H,2-9,12-16,19-20H2,1H3. The number of aryl methyl sites for hydroxylation is 1. The van der Waals surface area contributed by atoms with E-state index in [4.69, 9.17) is 4.98 Å². The molecule has 1 amide bonds. The van der Waals surface area contributed by atoms with Crippen LogP contribution in [0.1, 0.15) is 90.4 Å². The molecule has 2 aliphatic carbocycles. The summed E-state index contributed by atoms with van der Waals surface area (Å²) in [5, 5.41) is 1.01. The molecule has 1 aromatic carbocycles. The number of hydrogen-bond acceptors (Lipinski definition) is 3. The molecule has 1 aromatic heterocycles. The van der Waals surface area contributed by atoms with E-state index in [0.717, 1.165) is 23.6 Å². The van der Waals surface area contributed by atoms with E-state index in [1.807, 2.05) is 0 Å². The molecule has 0 unspecified atom stereocenters. The fraction of sp³-hybridized carbons (Fsp3) is 0.692. The first-order valence-corrected chi connectivity index (χ1v) is 13.7. The van der Waals surface area contributed by atoms with Gasteiger partial charge in [-0.3, -0.25) is 4.79 Å². The average Bonchev–Trinajstić information content (AvgIpc) is 3.17. The highest BCUT2D eigenvalue weighted by Gasteiger charge is 2.32. The van der Waals surface area contributed by atoms with Gasteiger partial charge in [0.15, 0.2) is 5.16 Å². The molecule has 0 aliphatic heterocycles. The summed E-state index contributed by atoms with van der Waals surface area (Å²) >= 11 is 1.66. The monoisotopic (exact) mass is 441 g/mol. The number of nitrogens with zero attached hydrogens (tertiary/aromatic N) is 3. The van der Waals surface area contributed by atoms with E-state index < -0.39 is 0 Å². The van der Waals surface area contributed by atoms with Crippen LogP contribution in [0.25, 0.3) is 11.0 Å². The minimum atomic E-state index is 0.343. The van der Waals surface area contributed by atoms with E-state index in [1.165, 1.54) is 82.6 Å². The summed E-state index contributed by atoms with van der Waals surface area (Å²) in [5.41, 5.74) is 2.25. The number of benzene rings is 1. The molecule has 2 aliphatic rings. The molecule has 2 saturated carbocycles. The van der Waals surface area contributed by atoms with Gasteiger partial charge in [-0.25, -0.2) is 4.98 Å². The topological polar surface area (TPSA) is 38.1 Å². The van der Waals surface area contributed by atoms with Gasteiger partial charge >= 0.3 is 0 Å².